The molecule has 2 rings (SSSR count). The second-order valence-electron chi connectivity index (χ2n) is 10.3. The van der Waals surface area contributed by atoms with Crippen LogP contribution in [0.25, 0.3) is 0 Å². The lowest BCUT2D eigenvalue weighted by molar-refractivity contribution is -0.140. The maximum atomic E-state index is 13.9. The molecule has 2 N–H and O–H groups in total. The third-order valence-electron chi connectivity index (χ3n) is 5.68. The summed E-state index contributed by atoms with van der Waals surface area (Å²) in [5.74, 6) is -0.0630. The summed E-state index contributed by atoms with van der Waals surface area (Å²) in [6.45, 7) is 11.5. The summed E-state index contributed by atoms with van der Waals surface area (Å²) >= 11 is 4.34. The van der Waals surface area contributed by atoms with Crippen molar-refractivity contribution in [2.24, 2.45) is 0 Å². The van der Waals surface area contributed by atoms with Crippen LogP contribution in [0.2, 0.25) is 0 Å². The van der Waals surface area contributed by atoms with Crippen LogP contribution in [0, 0.1) is 13.8 Å². The minimum absolute atomic E-state index is 0.0420. The first kappa shape index (κ1) is 31.0. The summed E-state index contributed by atoms with van der Waals surface area (Å²) in [5, 5.41) is 5.59. The van der Waals surface area contributed by atoms with E-state index in [1.807, 2.05) is 39.0 Å². The van der Waals surface area contributed by atoms with Crippen molar-refractivity contribution in [3.8, 4) is 5.75 Å². The Labute approximate surface area is 231 Å². The summed E-state index contributed by atoms with van der Waals surface area (Å²) in [7, 11) is 1.57. The number of carbonyl (C=O) groups is 3. The first-order valence-corrected chi connectivity index (χ1v) is 13.5. The van der Waals surface area contributed by atoms with Crippen molar-refractivity contribution in [3.63, 3.8) is 0 Å². The molecule has 0 aromatic heterocycles. The molecular formula is C29H41N3O5S. The number of hydrogen-bond donors (Lipinski definition) is 3. The van der Waals surface area contributed by atoms with E-state index in [1.165, 1.54) is 4.90 Å². The number of alkyl carbamates (subject to hydrolysis) is 1. The molecule has 0 bridgehead atoms. The van der Waals surface area contributed by atoms with Crippen LogP contribution in [-0.2, 0) is 14.3 Å². The molecular weight excluding hydrogens is 502 g/mol. The highest BCUT2D eigenvalue weighted by molar-refractivity contribution is 7.80. The van der Waals surface area contributed by atoms with Gasteiger partial charge in [-0.3, -0.25) is 9.59 Å². The van der Waals surface area contributed by atoms with E-state index in [0.29, 0.717) is 30.0 Å². The molecule has 0 spiro atoms. The lowest BCUT2D eigenvalue weighted by Crippen LogP contribution is -2.53. The molecule has 0 aliphatic carbocycles. The molecule has 3 amide bonds. The summed E-state index contributed by atoms with van der Waals surface area (Å²) in [6.07, 6.45) is 0.772. The van der Waals surface area contributed by atoms with Gasteiger partial charge in [-0.25, -0.2) is 4.79 Å². The van der Waals surface area contributed by atoms with Crippen LogP contribution in [0.5, 0.6) is 5.75 Å². The summed E-state index contributed by atoms with van der Waals surface area (Å²) < 4.78 is 10.6. The Hall–Kier alpha value is -3.20. The number of thiol groups is 1. The third kappa shape index (κ3) is 9.28. The second-order valence-corrected chi connectivity index (χ2v) is 10.7. The third-order valence-corrected chi connectivity index (χ3v) is 6.05. The van der Waals surface area contributed by atoms with Gasteiger partial charge in [-0.05, 0) is 70.9 Å². The van der Waals surface area contributed by atoms with E-state index in [0.717, 1.165) is 17.5 Å². The number of nitrogens with zero attached hydrogens (tertiary/aromatic N) is 1. The highest BCUT2D eigenvalue weighted by Gasteiger charge is 2.36. The summed E-state index contributed by atoms with van der Waals surface area (Å²) in [4.78, 5) is 41.8. The van der Waals surface area contributed by atoms with Gasteiger partial charge < -0.3 is 25.0 Å². The number of ether oxygens (including phenoxy) is 2. The van der Waals surface area contributed by atoms with Crippen molar-refractivity contribution in [2.45, 2.75) is 72.1 Å². The fourth-order valence-electron chi connectivity index (χ4n) is 4.06. The van der Waals surface area contributed by atoms with E-state index in [4.69, 9.17) is 9.47 Å². The molecule has 2 aromatic rings. The molecule has 0 aliphatic rings. The quantitative estimate of drug-likeness (QED) is 0.328. The Morgan fingerprint density at radius 3 is 2.13 bits per heavy atom. The Kier molecular flexibility index (Phi) is 11.5. The van der Waals surface area contributed by atoms with E-state index < -0.39 is 29.7 Å². The number of hydrogen-bond acceptors (Lipinski definition) is 6. The monoisotopic (exact) mass is 543 g/mol. The fraction of sp³-hybridized carbons (Fsp3) is 0.483. The standard InChI is InChI=1S/C29H41N3O5S/c1-8-9-14-32(27(34)24(18-38)31-28(35)37-29(4,5)6)25(21-16-19(2)15-20(3)17-21)26(33)30-22-10-12-23(36-7)13-11-22/h10-13,15-17,24-25,38H,8-9,14,18H2,1-7H3,(H,30,33)(H,31,35). The predicted molar refractivity (Wildman–Crippen MR) is 154 cm³/mol. The van der Waals surface area contributed by atoms with Crippen molar-refractivity contribution in [3.05, 3.63) is 59.2 Å². The van der Waals surface area contributed by atoms with Gasteiger partial charge in [0.25, 0.3) is 5.91 Å². The second kappa shape index (κ2) is 14.1. The van der Waals surface area contributed by atoms with Crippen molar-refractivity contribution in [2.75, 3.05) is 24.7 Å². The molecule has 0 saturated heterocycles. The first-order chi connectivity index (χ1) is 17.9. The van der Waals surface area contributed by atoms with Crippen molar-refractivity contribution < 1.29 is 23.9 Å². The van der Waals surface area contributed by atoms with Crippen LogP contribution < -0.4 is 15.4 Å². The van der Waals surface area contributed by atoms with E-state index in [-0.39, 0.29) is 11.7 Å². The van der Waals surface area contributed by atoms with Crippen LogP contribution in [0.15, 0.2) is 42.5 Å². The van der Waals surface area contributed by atoms with E-state index in [9.17, 15) is 14.4 Å². The number of anilines is 1. The van der Waals surface area contributed by atoms with Gasteiger partial charge in [0.1, 0.15) is 23.4 Å². The van der Waals surface area contributed by atoms with Gasteiger partial charge in [-0.1, -0.05) is 42.7 Å². The number of methoxy groups -OCH3 is 1. The Balaban J connectivity index is 2.49. The van der Waals surface area contributed by atoms with Gasteiger partial charge in [0.2, 0.25) is 5.91 Å². The Morgan fingerprint density at radius 1 is 1.03 bits per heavy atom. The zero-order chi connectivity index (χ0) is 28.5. The van der Waals surface area contributed by atoms with Crippen LogP contribution in [0.4, 0.5) is 10.5 Å². The minimum atomic E-state index is -0.979. The molecule has 0 heterocycles. The molecule has 9 heteroatoms. The highest BCUT2D eigenvalue weighted by atomic mass is 32.1. The molecule has 0 fully saturated rings. The number of benzene rings is 2. The zero-order valence-corrected chi connectivity index (χ0v) is 24.4. The molecule has 0 aliphatic heterocycles. The Morgan fingerprint density at radius 2 is 1.63 bits per heavy atom. The molecule has 0 radical (unpaired) electrons. The number of carbonyl (C=O) groups excluding carboxylic acids is 3. The van der Waals surface area contributed by atoms with Gasteiger partial charge in [-0.15, -0.1) is 0 Å². The zero-order valence-electron chi connectivity index (χ0n) is 23.5. The predicted octanol–water partition coefficient (Wildman–Crippen LogP) is 5.44. The fourth-order valence-corrected chi connectivity index (χ4v) is 4.30. The van der Waals surface area contributed by atoms with E-state index in [2.05, 4.69) is 23.3 Å². The van der Waals surface area contributed by atoms with E-state index >= 15 is 0 Å². The largest absolute Gasteiger partial charge is 0.497 e. The number of rotatable bonds is 11. The number of unbranched alkanes of at least 4 members (excludes halogenated alkanes) is 1. The molecule has 2 atom stereocenters. The molecule has 0 saturated carbocycles. The highest BCUT2D eigenvalue weighted by Crippen LogP contribution is 2.27. The molecule has 2 aromatic carbocycles. The van der Waals surface area contributed by atoms with Gasteiger partial charge in [0.15, 0.2) is 0 Å². The van der Waals surface area contributed by atoms with E-state index in [1.54, 1.807) is 52.1 Å². The average molecular weight is 544 g/mol. The lowest BCUT2D eigenvalue weighted by Gasteiger charge is -2.34. The van der Waals surface area contributed by atoms with Gasteiger partial charge in [0, 0.05) is 18.0 Å². The van der Waals surface area contributed by atoms with Gasteiger partial charge in [0.05, 0.1) is 7.11 Å². The summed E-state index contributed by atoms with van der Waals surface area (Å²) in [6, 6.07) is 10.9. The molecule has 2 unspecified atom stereocenters. The topological polar surface area (TPSA) is 97.0 Å². The van der Waals surface area contributed by atoms with Crippen LogP contribution >= 0.6 is 12.6 Å². The summed E-state index contributed by atoms with van der Waals surface area (Å²) in [5.41, 5.74) is 2.49. The molecule has 8 nitrogen and oxygen atoms in total. The lowest BCUT2D eigenvalue weighted by atomic mass is 9.98. The SMILES string of the molecule is CCCCN(C(=O)C(CS)NC(=O)OC(C)(C)C)C(C(=O)Nc1ccc(OC)cc1)c1cc(C)cc(C)c1. The van der Waals surface area contributed by atoms with Crippen molar-refractivity contribution in [1.82, 2.24) is 10.2 Å². The van der Waals surface area contributed by atoms with Crippen molar-refractivity contribution >= 4 is 36.2 Å². The van der Waals surface area contributed by atoms with Crippen LogP contribution in [-0.4, -0.2) is 53.9 Å². The van der Waals surface area contributed by atoms with Gasteiger partial charge >= 0.3 is 6.09 Å². The maximum Gasteiger partial charge on any atom is 0.408 e. The maximum absolute atomic E-state index is 13.9. The van der Waals surface area contributed by atoms with Gasteiger partial charge in [-0.2, -0.15) is 12.6 Å². The number of nitrogens with one attached hydrogen (secondary N) is 2. The normalized spacial score (nSPS) is 12.7. The minimum Gasteiger partial charge on any atom is -0.497 e. The number of amides is 3. The smallest absolute Gasteiger partial charge is 0.408 e. The molecule has 208 valence electrons. The van der Waals surface area contributed by atoms with Crippen LogP contribution in [0.1, 0.15) is 63.3 Å². The molecule has 38 heavy (non-hydrogen) atoms. The first-order valence-electron chi connectivity index (χ1n) is 12.8. The van der Waals surface area contributed by atoms with Crippen LogP contribution in [0.3, 0.4) is 0 Å². The average Bonchev–Trinajstić information content (AvgIpc) is 2.83. The van der Waals surface area contributed by atoms with Crippen molar-refractivity contribution in [1.29, 1.82) is 0 Å². The number of aryl methyl sites for hydroxylation is 2. The Bertz CT molecular complexity index is 1080.